The monoisotopic (exact) mass is 356 g/mol. The summed E-state index contributed by atoms with van der Waals surface area (Å²) in [5, 5.41) is 0. The fourth-order valence-corrected chi connectivity index (χ4v) is 5.54. The van der Waals surface area contributed by atoms with E-state index in [0.717, 1.165) is 32.4 Å². The summed E-state index contributed by atoms with van der Waals surface area (Å²) in [4.78, 5) is 18.0. The lowest BCUT2D eigenvalue weighted by Crippen LogP contribution is -2.60. The van der Waals surface area contributed by atoms with Crippen molar-refractivity contribution in [3.05, 3.63) is 35.9 Å². The molecule has 1 amide bonds. The molecule has 4 saturated heterocycles. The van der Waals surface area contributed by atoms with Crippen LogP contribution in [-0.4, -0.2) is 61.1 Å². The second kappa shape index (κ2) is 8.10. The highest BCUT2D eigenvalue weighted by Gasteiger charge is 2.54. The van der Waals surface area contributed by atoms with Crippen molar-refractivity contribution in [3.8, 4) is 0 Å². The molecule has 4 aliphatic rings. The lowest BCUT2D eigenvalue weighted by Gasteiger charge is -2.51. The Labute approximate surface area is 157 Å². The van der Waals surface area contributed by atoms with Gasteiger partial charge in [0, 0.05) is 38.6 Å². The van der Waals surface area contributed by atoms with Crippen LogP contribution in [0.2, 0.25) is 0 Å². The minimum absolute atomic E-state index is 0.379. The molecule has 0 radical (unpaired) electrons. The van der Waals surface area contributed by atoms with Gasteiger partial charge in [-0.25, -0.2) is 0 Å². The number of likely N-dealkylation sites (tertiary alicyclic amines) is 1. The lowest BCUT2D eigenvalue weighted by atomic mass is 9.75. The molecule has 0 spiro atoms. The van der Waals surface area contributed by atoms with E-state index in [-0.39, 0.29) is 0 Å². The van der Waals surface area contributed by atoms with Crippen molar-refractivity contribution in [1.29, 1.82) is 0 Å². The molecule has 2 bridgehead atoms. The Morgan fingerprint density at radius 3 is 2.58 bits per heavy atom. The van der Waals surface area contributed by atoms with Crippen molar-refractivity contribution in [2.24, 2.45) is 5.92 Å². The van der Waals surface area contributed by atoms with Gasteiger partial charge in [-0.1, -0.05) is 36.8 Å². The molecule has 0 N–H and O–H groups in total. The predicted octanol–water partition coefficient (Wildman–Crippen LogP) is 3.28. The first kappa shape index (κ1) is 18.0. The van der Waals surface area contributed by atoms with Gasteiger partial charge < -0.3 is 9.64 Å². The van der Waals surface area contributed by atoms with Crippen molar-refractivity contribution >= 4 is 5.91 Å². The molecule has 4 fully saturated rings. The van der Waals surface area contributed by atoms with Crippen molar-refractivity contribution in [2.45, 2.75) is 56.5 Å². The van der Waals surface area contributed by atoms with Crippen molar-refractivity contribution in [2.75, 3.05) is 33.4 Å². The van der Waals surface area contributed by atoms with Gasteiger partial charge >= 0.3 is 0 Å². The van der Waals surface area contributed by atoms with E-state index in [1.807, 2.05) is 0 Å². The molecule has 1 aromatic rings. The molecule has 5 rings (SSSR count). The molecular formula is C22H32N2O2. The number of carbonyl (C=O) groups excluding carboxylic acids is 1. The number of rotatable bonds is 7. The van der Waals surface area contributed by atoms with Gasteiger partial charge in [-0.15, -0.1) is 0 Å². The van der Waals surface area contributed by atoms with Crippen LogP contribution in [0.1, 0.15) is 50.0 Å². The fourth-order valence-electron chi connectivity index (χ4n) is 5.54. The van der Waals surface area contributed by atoms with Crippen LogP contribution in [0.4, 0.5) is 0 Å². The van der Waals surface area contributed by atoms with Gasteiger partial charge in [0.25, 0.3) is 0 Å². The summed E-state index contributed by atoms with van der Waals surface area (Å²) in [5.74, 6) is 1.56. The average Bonchev–Trinajstić information content (AvgIpc) is 3.12. The largest absolute Gasteiger partial charge is 0.385 e. The summed E-state index contributed by atoms with van der Waals surface area (Å²) in [6, 6.07) is 11.8. The van der Waals surface area contributed by atoms with Gasteiger partial charge in [0.05, 0.1) is 6.04 Å². The van der Waals surface area contributed by atoms with Gasteiger partial charge in [0.2, 0.25) is 5.91 Å². The zero-order valence-electron chi connectivity index (χ0n) is 16.0. The van der Waals surface area contributed by atoms with Gasteiger partial charge in [-0.05, 0) is 50.3 Å². The van der Waals surface area contributed by atoms with Crippen molar-refractivity contribution in [3.63, 3.8) is 0 Å². The van der Waals surface area contributed by atoms with E-state index < -0.39 is 0 Å². The maximum Gasteiger partial charge on any atom is 0.222 e. The van der Waals surface area contributed by atoms with Gasteiger partial charge in [0.15, 0.2) is 0 Å². The first-order chi connectivity index (χ1) is 12.8. The molecular weight excluding hydrogens is 324 g/mol. The summed E-state index contributed by atoms with van der Waals surface area (Å²) in [6.07, 6.45) is 6.35. The number of methoxy groups -OCH3 is 1. The normalized spacial score (nSPS) is 32.7. The Hall–Kier alpha value is -1.39. The summed E-state index contributed by atoms with van der Waals surface area (Å²) >= 11 is 0. The molecule has 142 valence electrons. The van der Waals surface area contributed by atoms with Crippen molar-refractivity contribution < 1.29 is 9.53 Å². The predicted molar refractivity (Wildman–Crippen MR) is 103 cm³/mol. The molecule has 0 aromatic heterocycles. The maximum atomic E-state index is 13.1. The minimum atomic E-state index is 0.379. The quantitative estimate of drug-likeness (QED) is 0.703. The smallest absolute Gasteiger partial charge is 0.222 e. The molecule has 1 aromatic carbocycles. The molecule has 0 saturated carbocycles. The third-order valence-corrected chi connectivity index (χ3v) is 6.78. The Balaban J connectivity index is 1.47. The standard InChI is InChI=1S/C22H32N2O2/c1-26-15-7-3-6-10-20(25)24-16-19(17-8-4-2-5-9-17)22-21(24)18-11-13-23(22)14-12-18/h2,4-5,8-9,18-19,21-22H,3,6-7,10-16H2,1H3/t19-,21+,22+/m1/s1. The van der Waals surface area contributed by atoms with Crippen LogP contribution in [0.25, 0.3) is 0 Å². The lowest BCUT2D eigenvalue weighted by molar-refractivity contribution is -0.136. The average molecular weight is 357 g/mol. The van der Waals surface area contributed by atoms with E-state index >= 15 is 0 Å². The van der Waals surface area contributed by atoms with Gasteiger partial charge in [0.1, 0.15) is 0 Å². The first-order valence-electron chi connectivity index (χ1n) is 10.4. The van der Waals surface area contributed by atoms with Crippen molar-refractivity contribution in [1.82, 2.24) is 9.80 Å². The number of nitrogens with zero attached hydrogens (tertiary/aromatic N) is 2. The molecule has 4 nitrogen and oxygen atoms in total. The number of fused-ring (bicyclic) bond motifs is 2. The van der Waals surface area contributed by atoms with Gasteiger partial charge in [-0.2, -0.15) is 0 Å². The maximum absolute atomic E-state index is 13.1. The first-order valence-corrected chi connectivity index (χ1v) is 10.4. The molecule has 0 aliphatic carbocycles. The van der Waals surface area contributed by atoms with E-state index in [1.54, 1.807) is 7.11 Å². The van der Waals surface area contributed by atoms with Crippen LogP contribution in [0.3, 0.4) is 0 Å². The Morgan fingerprint density at radius 1 is 1.08 bits per heavy atom. The number of piperidine rings is 3. The molecule has 4 heteroatoms. The molecule has 4 heterocycles. The van der Waals surface area contributed by atoms with E-state index in [4.69, 9.17) is 4.74 Å². The topological polar surface area (TPSA) is 32.8 Å². The van der Waals surface area contributed by atoms with Crippen LogP contribution in [0.5, 0.6) is 0 Å². The van der Waals surface area contributed by atoms with Crippen LogP contribution in [-0.2, 0) is 9.53 Å². The minimum Gasteiger partial charge on any atom is -0.385 e. The van der Waals surface area contributed by atoms with E-state index in [1.165, 1.54) is 31.5 Å². The number of benzene rings is 1. The summed E-state index contributed by atoms with van der Waals surface area (Å²) < 4.78 is 5.12. The number of unbranched alkanes of at least 4 members (excludes halogenated alkanes) is 2. The second-order valence-electron chi connectivity index (χ2n) is 8.22. The van der Waals surface area contributed by atoms with Crippen LogP contribution in [0.15, 0.2) is 30.3 Å². The van der Waals surface area contributed by atoms with E-state index in [2.05, 4.69) is 40.1 Å². The highest BCUT2D eigenvalue weighted by atomic mass is 16.5. The highest BCUT2D eigenvalue weighted by Crippen LogP contribution is 2.46. The van der Waals surface area contributed by atoms with Crippen LogP contribution >= 0.6 is 0 Å². The number of carbonyl (C=O) groups is 1. The number of ether oxygens (including phenoxy) is 1. The zero-order valence-corrected chi connectivity index (χ0v) is 16.0. The van der Waals surface area contributed by atoms with Crippen LogP contribution in [0, 0.1) is 5.92 Å². The summed E-state index contributed by atoms with van der Waals surface area (Å²) in [7, 11) is 1.74. The van der Waals surface area contributed by atoms with Gasteiger partial charge in [-0.3, -0.25) is 9.69 Å². The number of hydrogen-bond donors (Lipinski definition) is 0. The molecule has 26 heavy (non-hydrogen) atoms. The SMILES string of the molecule is COCCCCCC(=O)N1C[C@H](c2ccccc2)[C@H]2[C@@H]1C1CCN2CC1. The fraction of sp³-hybridized carbons (Fsp3) is 0.682. The Morgan fingerprint density at radius 2 is 1.85 bits per heavy atom. The number of hydrogen-bond acceptors (Lipinski definition) is 3. The third-order valence-electron chi connectivity index (χ3n) is 6.78. The molecule has 4 aliphatic heterocycles. The number of amides is 1. The third kappa shape index (κ3) is 3.41. The highest BCUT2D eigenvalue weighted by molar-refractivity contribution is 5.77. The summed E-state index contributed by atoms with van der Waals surface area (Å²) in [6.45, 7) is 4.14. The van der Waals surface area contributed by atoms with Crippen LogP contribution < -0.4 is 0 Å². The molecule has 0 unspecified atom stereocenters. The second-order valence-corrected chi connectivity index (χ2v) is 8.22. The van der Waals surface area contributed by atoms with E-state index in [9.17, 15) is 4.79 Å². The summed E-state index contributed by atoms with van der Waals surface area (Å²) in [5.41, 5.74) is 1.41. The zero-order chi connectivity index (χ0) is 17.9. The van der Waals surface area contributed by atoms with E-state index in [0.29, 0.717) is 36.2 Å². The Kier molecular flexibility index (Phi) is 5.60. The molecule has 3 atom stereocenters. The Bertz CT molecular complexity index is 597.